The average Bonchev–Trinajstić information content (AvgIpc) is 2.04. The summed E-state index contributed by atoms with van der Waals surface area (Å²) < 4.78 is 0. The predicted molar refractivity (Wildman–Crippen MR) is 40.3 cm³/mol. The second-order valence-corrected chi connectivity index (χ2v) is 2.64. The standard InChI is InChI=1S/C7H7NO2S/c1-11-6-5(7(9)10)3-2-4-8-6/h2-4H,1H3,(H,9,10)/p-1. The van der Waals surface area contributed by atoms with Crippen LogP contribution >= 0.6 is 11.8 Å². The summed E-state index contributed by atoms with van der Waals surface area (Å²) in [4.78, 5) is 14.3. The molecule has 0 bridgehead atoms. The number of carbonyl (C=O) groups excluding carboxylic acids is 1. The van der Waals surface area contributed by atoms with Gasteiger partial charge in [0.05, 0.1) is 5.97 Å². The zero-order valence-electron chi connectivity index (χ0n) is 5.90. The number of pyridine rings is 1. The fourth-order valence-electron chi connectivity index (χ4n) is 0.709. The van der Waals surface area contributed by atoms with Crippen LogP contribution in [0, 0.1) is 0 Å². The van der Waals surface area contributed by atoms with Crippen LogP contribution in [0.5, 0.6) is 0 Å². The lowest BCUT2D eigenvalue weighted by molar-refractivity contribution is -0.255. The first-order valence-electron chi connectivity index (χ1n) is 2.96. The van der Waals surface area contributed by atoms with Crippen molar-refractivity contribution in [2.45, 2.75) is 5.03 Å². The molecule has 1 heterocycles. The Kier molecular flexibility index (Phi) is 2.48. The molecule has 0 N–H and O–H groups in total. The van der Waals surface area contributed by atoms with E-state index in [4.69, 9.17) is 0 Å². The van der Waals surface area contributed by atoms with E-state index in [0.29, 0.717) is 5.03 Å². The summed E-state index contributed by atoms with van der Waals surface area (Å²) in [7, 11) is 0. The van der Waals surface area contributed by atoms with Gasteiger partial charge in [-0.3, -0.25) is 0 Å². The third kappa shape index (κ3) is 1.71. The van der Waals surface area contributed by atoms with Gasteiger partial charge < -0.3 is 9.90 Å². The van der Waals surface area contributed by atoms with Gasteiger partial charge in [0.2, 0.25) is 0 Å². The number of aromatic carboxylic acids is 1. The Balaban J connectivity index is 3.12. The van der Waals surface area contributed by atoms with Crippen molar-refractivity contribution >= 4 is 17.7 Å². The summed E-state index contributed by atoms with van der Waals surface area (Å²) >= 11 is 1.29. The van der Waals surface area contributed by atoms with E-state index in [2.05, 4.69) is 4.98 Å². The van der Waals surface area contributed by atoms with Crippen LogP contribution in [0.15, 0.2) is 23.4 Å². The number of carboxylic acid groups (broad SMARTS) is 1. The maximum Gasteiger partial charge on any atom is 0.105 e. The molecule has 1 rings (SSSR count). The quantitative estimate of drug-likeness (QED) is 0.590. The molecule has 4 heteroatoms. The monoisotopic (exact) mass is 168 g/mol. The molecule has 0 spiro atoms. The molecule has 3 nitrogen and oxygen atoms in total. The SMILES string of the molecule is CSc1ncccc1C(=O)[O-]. The molecular formula is C7H6NO2S-. The zero-order chi connectivity index (χ0) is 8.27. The van der Waals surface area contributed by atoms with Gasteiger partial charge in [-0.1, -0.05) is 0 Å². The topological polar surface area (TPSA) is 53.0 Å². The highest BCUT2D eigenvalue weighted by atomic mass is 32.2. The number of aromatic nitrogens is 1. The van der Waals surface area contributed by atoms with Gasteiger partial charge in [0, 0.05) is 11.8 Å². The van der Waals surface area contributed by atoms with Crippen molar-refractivity contribution in [3.05, 3.63) is 23.9 Å². The van der Waals surface area contributed by atoms with E-state index >= 15 is 0 Å². The highest BCUT2D eigenvalue weighted by molar-refractivity contribution is 7.98. The van der Waals surface area contributed by atoms with Crippen molar-refractivity contribution in [1.29, 1.82) is 0 Å². The van der Waals surface area contributed by atoms with E-state index in [1.807, 2.05) is 0 Å². The number of thioether (sulfide) groups is 1. The van der Waals surface area contributed by atoms with Gasteiger partial charge in [-0.2, -0.15) is 0 Å². The van der Waals surface area contributed by atoms with E-state index in [1.54, 1.807) is 18.5 Å². The summed E-state index contributed by atoms with van der Waals surface area (Å²) in [5, 5.41) is 10.9. The van der Waals surface area contributed by atoms with Gasteiger partial charge in [-0.15, -0.1) is 11.8 Å². The van der Waals surface area contributed by atoms with Gasteiger partial charge in [-0.05, 0) is 18.4 Å². The number of hydrogen-bond donors (Lipinski definition) is 0. The van der Waals surface area contributed by atoms with Crippen LogP contribution in [0.4, 0.5) is 0 Å². The molecular weight excluding hydrogens is 162 g/mol. The van der Waals surface area contributed by atoms with Crippen molar-refractivity contribution in [1.82, 2.24) is 4.98 Å². The Bertz CT molecular complexity index is 275. The van der Waals surface area contributed by atoms with Gasteiger partial charge in [0.25, 0.3) is 0 Å². The largest absolute Gasteiger partial charge is 0.545 e. The molecule has 0 saturated carbocycles. The van der Waals surface area contributed by atoms with Crippen LogP contribution in [-0.2, 0) is 0 Å². The molecule has 1 aromatic rings. The van der Waals surface area contributed by atoms with E-state index < -0.39 is 5.97 Å². The molecule has 0 aliphatic rings. The third-order valence-electron chi connectivity index (χ3n) is 1.18. The Morgan fingerprint density at radius 1 is 1.73 bits per heavy atom. The van der Waals surface area contributed by atoms with Crippen LogP contribution in [0.25, 0.3) is 0 Å². The minimum Gasteiger partial charge on any atom is -0.545 e. The van der Waals surface area contributed by atoms with Crippen molar-refractivity contribution in [2.24, 2.45) is 0 Å². The molecule has 1 aromatic heterocycles. The van der Waals surface area contributed by atoms with E-state index in [9.17, 15) is 9.90 Å². The molecule has 0 amide bonds. The molecule has 0 saturated heterocycles. The Morgan fingerprint density at radius 2 is 2.45 bits per heavy atom. The van der Waals surface area contributed by atoms with E-state index in [0.717, 1.165) is 0 Å². The van der Waals surface area contributed by atoms with Crippen molar-refractivity contribution in [3.8, 4) is 0 Å². The van der Waals surface area contributed by atoms with Crippen molar-refractivity contribution in [3.63, 3.8) is 0 Å². The molecule has 0 unspecified atom stereocenters. The molecule has 0 fully saturated rings. The first-order valence-corrected chi connectivity index (χ1v) is 4.18. The van der Waals surface area contributed by atoms with Crippen LogP contribution < -0.4 is 5.11 Å². The maximum atomic E-state index is 10.4. The molecule has 0 aromatic carbocycles. The normalized spacial score (nSPS) is 9.55. The Labute approximate surface area is 68.5 Å². The number of rotatable bonds is 2. The molecule has 0 atom stereocenters. The average molecular weight is 168 g/mol. The van der Waals surface area contributed by atoms with Crippen LogP contribution in [0.3, 0.4) is 0 Å². The molecule has 11 heavy (non-hydrogen) atoms. The van der Waals surface area contributed by atoms with Crippen molar-refractivity contribution < 1.29 is 9.90 Å². The fraction of sp³-hybridized carbons (Fsp3) is 0.143. The minimum atomic E-state index is -1.18. The van der Waals surface area contributed by atoms with E-state index in [1.165, 1.54) is 17.8 Å². The van der Waals surface area contributed by atoms with Crippen LogP contribution in [0.2, 0.25) is 0 Å². The third-order valence-corrected chi connectivity index (χ3v) is 1.90. The highest BCUT2D eigenvalue weighted by Crippen LogP contribution is 2.15. The summed E-state index contributed by atoms with van der Waals surface area (Å²) in [5.41, 5.74) is 0.153. The fourth-order valence-corrected chi connectivity index (χ4v) is 1.25. The van der Waals surface area contributed by atoms with Crippen molar-refractivity contribution in [2.75, 3.05) is 6.26 Å². The van der Waals surface area contributed by atoms with Gasteiger partial charge in [0.15, 0.2) is 0 Å². The summed E-state index contributed by atoms with van der Waals surface area (Å²) in [6.07, 6.45) is 3.33. The van der Waals surface area contributed by atoms with Crippen LogP contribution in [0.1, 0.15) is 10.4 Å². The van der Waals surface area contributed by atoms with Gasteiger partial charge in [-0.25, -0.2) is 4.98 Å². The lowest BCUT2D eigenvalue weighted by Crippen LogP contribution is -2.23. The highest BCUT2D eigenvalue weighted by Gasteiger charge is 2.00. The molecule has 58 valence electrons. The summed E-state index contributed by atoms with van der Waals surface area (Å²) in [5.74, 6) is -1.18. The first kappa shape index (κ1) is 8.07. The maximum absolute atomic E-state index is 10.4. The summed E-state index contributed by atoms with van der Waals surface area (Å²) in [6, 6.07) is 3.05. The lowest BCUT2D eigenvalue weighted by atomic mass is 10.3. The summed E-state index contributed by atoms with van der Waals surface area (Å²) in [6.45, 7) is 0. The second kappa shape index (κ2) is 3.39. The van der Waals surface area contributed by atoms with E-state index in [-0.39, 0.29) is 5.56 Å². The minimum absolute atomic E-state index is 0.153. The number of hydrogen-bond acceptors (Lipinski definition) is 4. The van der Waals surface area contributed by atoms with Crippen LogP contribution in [-0.4, -0.2) is 17.2 Å². The second-order valence-electron chi connectivity index (χ2n) is 1.85. The first-order chi connectivity index (χ1) is 5.25. The molecule has 0 aliphatic heterocycles. The van der Waals surface area contributed by atoms with Gasteiger partial charge in [0.1, 0.15) is 5.03 Å². The lowest BCUT2D eigenvalue weighted by Gasteiger charge is -2.04. The Morgan fingerprint density at radius 3 is 2.91 bits per heavy atom. The molecule has 0 radical (unpaired) electrons. The van der Waals surface area contributed by atoms with Gasteiger partial charge >= 0.3 is 0 Å². The number of carboxylic acids is 1. The number of nitrogens with zero attached hydrogens (tertiary/aromatic N) is 1. The number of carbonyl (C=O) groups is 1. The predicted octanol–water partition coefficient (Wildman–Crippen LogP) is 0.167. The smallest absolute Gasteiger partial charge is 0.105 e. The zero-order valence-corrected chi connectivity index (χ0v) is 6.72. The Hall–Kier alpha value is -1.03. The molecule has 0 aliphatic carbocycles.